The van der Waals surface area contributed by atoms with Crippen LogP contribution in [0.4, 0.5) is 17.1 Å². The van der Waals surface area contributed by atoms with E-state index in [2.05, 4.69) is 41.7 Å². The molecule has 102 valence electrons. The Morgan fingerprint density at radius 2 is 1.22 bits per heavy atom. The molecule has 4 heteroatoms. The molecule has 1 aromatic heterocycles. The highest BCUT2D eigenvalue weighted by atomic mass is 15.0. The molecule has 0 atom stereocenters. The van der Waals surface area contributed by atoms with Gasteiger partial charge in [0, 0.05) is 19.6 Å². The predicted octanol–water partition coefficient (Wildman–Crippen LogP) is 3.55. The van der Waals surface area contributed by atoms with Crippen LogP contribution < -0.4 is 16.0 Å². The minimum Gasteiger partial charge on any atom is -0.382 e. The number of nitrogens with one attached hydrogen (secondary N) is 3. The normalized spacial score (nSPS) is 10.2. The van der Waals surface area contributed by atoms with Crippen molar-refractivity contribution in [2.75, 3.05) is 35.6 Å². The summed E-state index contributed by atoms with van der Waals surface area (Å²) in [7, 11) is 0. The molecule has 0 radical (unpaired) electrons. The SMILES string of the molecule is CCCNc1cncc(NCCC)c1NCCC. The summed E-state index contributed by atoms with van der Waals surface area (Å²) >= 11 is 0. The zero-order chi connectivity index (χ0) is 13.2. The number of nitrogens with zero attached hydrogens (tertiary/aromatic N) is 1. The van der Waals surface area contributed by atoms with Crippen molar-refractivity contribution < 1.29 is 0 Å². The fourth-order valence-electron chi connectivity index (χ4n) is 1.69. The van der Waals surface area contributed by atoms with E-state index in [-0.39, 0.29) is 0 Å². The molecule has 4 nitrogen and oxygen atoms in total. The summed E-state index contributed by atoms with van der Waals surface area (Å²) in [5.74, 6) is 0. The lowest BCUT2D eigenvalue weighted by molar-refractivity contribution is 0.956. The molecule has 1 rings (SSSR count). The Balaban J connectivity index is 2.85. The summed E-state index contributed by atoms with van der Waals surface area (Å²) in [5.41, 5.74) is 3.33. The van der Waals surface area contributed by atoms with E-state index in [9.17, 15) is 0 Å². The maximum atomic E-state index is 4.29. The Morgan fingerprint density at radius 1 is 0.778 bits per heavy atom. The predicted molar refractivity (Wildman–Crippen MR) is 80.6 cm³/mol. The molecule has 0 amide bonds. The van der Waals surface area contributed by atoms with E-state index in [4.69, 9.17) is 0 Å². The van der Waals surface area contributed by atoms with E-state index in [1.54, 1.807) is 0 Å². The molecule has 0 saturated heterocycles. The van der Waals surface area contributed by atoms with Crippen molar-refractivity contribution in [1.82, 2.24) is 4.98 Å². The van der Waals surface area contributed by atoms with Gasteiger partial charge in [0.15, 0.2) is 0 Å². The van der Waals surface area contributed by atoms with Gasteiger partial charge in [0.25, 0.3) is 0 Å². The fraction of sp³-hybridized carbons (Fsp3) is 0.643. The lowest BCUT2D eigenvalue weighted by Gasteiger charge is -2.17. The average molecular weight is 250 g/mol. The Hall–Kier alpha value is -1.45. The number of hydrogen-bond donors (Lipinski definition) is 3. The molecular weight excluding hydrogens is 224 g/mol. The van der Waals surface area contributed by atoms with Crippen molar-refractivity contribution in [2.45, 2.75) is 40.0 Å². The summed E-state index contributed by atoms with van der Waals surface area (Å²) in [5, 5.41) is 10.3. The van der Waals surface area contributed by atoms with Gasteiger partial charge in [0.2, 0.25) is 0 Å². The van der Waals surface area contributed by atoms with Gasteiger partial charge in [-0.1, -0.05) is 20.8 Å². The van der Waals surface area contributed by atoms with Crippen LogP contribution >= 0.6 is 0 Å². The second-order valence-electron chi connectivity index (χ2n) is 4.39. The number of hydrogen-bond acceptors (Lipinski definition) is 4. The fourth-order valence-corrected chi connectivity index (χ4v) is 1.69. The first kappa shape index (κ1) is 14.6. The molecular formula is C14H26N4. The average Bonchev–Trinajstić information content (AvgIpc) is 2.41. The Kier molecular flexibility index (Phi) is 6.99. The van der Waals surface area contributed by atoms with Crippen LogP contribution in [0.5, 0.6) is 0 Å². The summed E-state index contributed by atoms with van der Waals surface area (Å²) in [4.78, 5) is 4.29. The van der Waals surface area contributed by atoms with E-state index in [1.807, 2.05) is 12.4 Å². The van der Waals surface area contributed by atoms with Crippen LogP contribution in [0.3, 0.4) is 0 Å². The summed E-state index contributed by atoms with van der Waals surface area (Å²) in [6.45, 7) is 9.43. The monoisotopic (exact) mass is 250 g/mol. The molecule has 0 aliphatic carbocycles. The van der Waals surface area contributed by atoms with Crippen molar-refractivity contribution in [2.24, 2.45) is 0 Å². The maximum Gasteiger partial charge on any atom is 0.0843 e. The second-order valence-corrected chi connectivity index (χ2v) is 4.39. The van der Waals surface area contributed by atoms with Gasteiger partial charge >= 0.3 is 0 Å². The first-order valence-electron chi connectivity index (χ1n) is 7.03. The van der Waals surface area contributed by atoms with Crippen molar-refractivity contribution in [3.05, 3.63) is 12.4 Å². The van der Waals surface area contributed by atoms with E-state index < -0.39 is 0 Å². The second kappa shape index (κ2) is 8.61. The van der Waals surface area contributed by atoms with Crippen LogP contribution in [-0.4, -0.2) is 24.6 Å². The van der Waals surface area contributed by atoms with Gasteiger partial charge < -0.3 is 16.0 Å². The first-order chi connectivity index (χ1) is 8.83. The first-order valence-corrected chi connectivity index (χ1v) is 7.03. The molecule has 0 aliphatic rings. The summed E-state index contributed by atoms with van der Waals surface area (Å²) in [6, 6.07) is 0. The number of anilines is 3. The van der Waals surface area contributed by atoms with E-state index in [1.165, 1.54) is 0 Å². The quantitative estimate of drug-likeness (QED) is 0.627. The van der Waals surface area contributed by atoms with E-state index >= 15 is 0 Å². The highest BCUT2D eigenvalue weighted by Crippen LogP contribution is 2.29. The standard InChI is InChI=1S/C14H26N4/c1-4-7-16-12-10-15-11-13(17-8-5-2)14(12)18-9-6-3/h10-11,16-17H,4-9H2,1-3H3,(H,15,18). The van der Waals surface area contributed by atoms with Gasteiger partial charge in [-0.25, -0.2) is 0 Å². The third kappa shape index (κ3) is 4.43. The van der Waals surface area contributed by atoms with E-state index in [0.29, 0.717) is 0 Å². The van der Waals surface area contributed by atoms with Gasteiger partial charge in [-0.05, 0) is 19.3 Å². The minimum absolute atomic E-state index is 0.972. The summed E-state index contributed by atoms with van der Waals surface area (Å²) in [6.07, 6.45) is 7.12. The molecule has 0 spiro atoms. The summed E-state index contributed by atoms with van der Waals surface area (Å²) < 4.78 is 0. The third-order valence-electron chi connectivity index (χ3n) is 2.63. The van der Waals surface area contributed by atoms with Gasteiger partial charge in [-0.2, -0.15) is 0 Å². The molecule has 0 unspecified atom stereocenters. The highest BCUT2D eigenvalue weighted by molar-refractivity contribution is 5.81. The number of rotatable bonds is 9. The van der Waals surface area contributed by atoms with Crippen LogP contribution in [0, 0.1) is 0 Å². The van der Waals surface area contributed by atoms with Crippen LogP contribution in [0.2, 0.25) is 0 Å². The molecule has 1 aromatic rings. The van der Waals surface area contributed by atoms with Gasteiger partial charge in [0.1, 0.15) is 0 Å². The topological polar surface area (TPSA) is 49.0 Å². The lowest BCUT2D eigenvalue weighted by Crippen LogP contribution is -2.11. The Labute approximate surface area is 111 Å². The van der Waals surface area contributed by atoms with Crippen molar-refractivity contribution in [3.8, 4) is 0 Å². The molecule has 1 heterocycles. The zero-order valence-electron chi connectivity index (χ0n) is 11.8. The van der Waals surface area contributed by atoms with Crippen molar-refractivity contribution >= 4 is 17.1 Å². The third-order valence-corrected chi connectivity index (χ3v) is 2.63. The number of pyridine rings is 1. The highest BCUT2D eigenvalue weighted by Gasteiger charge is 2.07. The van der Waals surface area contributed by atoms with Gasteiger partial charge in [-0.15, -0.1) is 0 Å². The zero-order valence-corrected chi connectivity index (χ0v) is 11.8. The van der Waals surface area contributed by atoms with E-state index in [0.717, 1.165) is 56.0 Å². The largest absolute Gasteiger partial charge is 0.382 e. The Morgan fingerprint density at radius 3 is 1.67 bits per heavy atom. The molecule has 3 N–H and O–H groups in total. The molecule has 0 aromatic carbocycles. The van der Waals surface area contributed by atoms with Crippen molar-refractivity contribution in [1.29, 1.82) is 0 Å². The molecule has 18 heavy (non-hydrogen) atoms. The minimum atomic E-state index is 0.972. The van der Waals surface area contributed by atoms with Crippen LogP contribution in [-0.2, 0) is 0 Å². The molecule has 0 saturated carbocycles. The molecule has 0 aliphatic heterocycles. The van der Waals surface area contributed by atoms with Gasteiger partial charge in [-0.3, -0.25) is 4.98 Å². The van der Waals surface area contributed by atoms with Crippen molar-refractivity contribution in [3.63, 3.8) is 0 Å². The molecule has 0 bridgehead atoms. The lowest BCUT2D eigenvalue weighted by atomic mass is 10.2. The number of aromatic nitrogens is 1. The van der Waals surface area contributed by atoms with Crippen LogP contribution in [0.1, 0.15) is 40.0 Å². The van der Waals surface area contributed by atoms with Gasteiger partial charge in [0.05, 0.1) is 29.5 Å². The van der Waals surface area contributed by atoms with Crippen LogP contribution in [0.25, 0.3) is 0 Å². The van der Waals surface area contributed by atoms with Crippen LogP contribution in [0.15, 0.2) is 12.4 Å². The maximum absolute atomic E-state index is 4.29. The molecule has 0 fully saturated rings. The smallest absolute Gasteiger partial charge is 0.0843 e. The Bertz CT molecular complexity index is 312.